The number of esters is 4. The summed E-state index contributed by atoms with van der Waals surface area (Å²) in [7, 11) is -9.94. The van der Waals surface area contributed by atoms with Crippen LogP contribution in [0.2, 0.25) is 0 Å². The second-order valence-corrected chi connectivity index (χ2v) is 36.6. The fourth-order valence-electron chi connectivity index (χ4n) is 14.2. The highest BCUT2D eigenvalue weighted by Gasteiger charge is 2.31. The van der Waals surface area contributed by atoms with E-state index >= 15 is 0 Å². The van der Waals surface area contributed by atoms with E-state index in [9.17, 15) is 43.2 Å². The van der Waals surface area contributed by atoms with Crippen LogP contribution in [0, 0.1) is 17.8 Å². The first-order valence-electron chi connectivity index (χ1n) is 46.9. The molecule has 0 aromatic heterocycles. The van der Waals surface area contributed by atoms with Gasteiger partial charge in [0.15, 0.2) is 12.2 Å². The molecular formula is C91H178O17P2. The monoisotopic (exact) mass is 1610 g/mol. The van der Waals surface area contributed by atoms with E-state index in [1.807, 2.05) is 0 Å². The molecule has 0 saturated heterocycles. The summed E-state index contributed by atoms with van der Waals surface area (Å²) in [5.41, 5.74) is 0. The average molecular weight is 1610 g/mol. The van der Waals surface area contributed by atoms with Crippen LogP contribution in [-0.2, 0) is 65.4 Å². The van der Waals surface area contributed by atoms with E-state index < -0.39 is 97.5 Å². The van der Waals surface area contributed by atoms with Crippen LogP contribution in [0.4, 0.5) is 0 Å². The van der Waals surface area contributed by atoms with Gasteiger partial charge in [-0.2, -0.15) is 0 Å². The van der Waals surface area contributed by atoms with Crippen LogP contribution in [0.1, 0.15) is 485 Å². The van der Waals surface area contributed by atoms with Crippen LogP contribution in [0.25, 0.3) is 0 Å². The molecular weight excluding hydrogens is 1430 g/mol. The Balaban J connectivity index is 5.26. The highest BCUT2D eigenvalue weighted by molar-refractivity contribution is 7.47. The number of aliphatic hydroxyl groups excluding tert-OH is 1. The molecule has 0 bridgehead atoms. The normalized spacial score (nSPS) is 14.3. The Labute approximate surface area is 677 Å². The Morgan fingerprint density at radius 1 is 0.264 bits per heavy atom. The zero-order chi connectivity index (χ0) is 80.8. The fraction of sp³-hybridized carbons (Fsp3) is 0.956. The number of rotatable bonds is 89. The number of aliphatic hydroxyl groups is 1. The summed E-state index contributed by atoms with van der Waals surface area (Å²) in [6.07, 6.45) is 73.5. The van der Waals surface area contributed by atoms with E-state index in [0.717, 1.165) is 108 Å². The van der Waals surface area contributed by atoms with Crippen molar-refractivity contribution in [3.05, 3.63) is 0 Å². The van der Waals surface area contributed by atoms with Gasteiger partial charge in [-0.3, -0.25) is 37.3 Å². The van der Waals surface area contributed by atoms with Crippen molar-refractivity contribution < 1.29 is 80.2 Å². The van der Waals surface area contributed by atoms with E-state index in [-0.39, 0.29) is 25.7 Å². The van der Waals surface area contributed by atoms with E-state index in [0.29, 0.717) is 25.7 Å². The van der Waals surface area contributed by atoms with E-state index in [1.54, 1.807) is 0 Å². The number of carbonyl (C=O) groups is 4. The summed E-state index contributed by atoms with van der Waals surface area (Å²) < 4.78 is 69.1. The quantitative estimate of drug-likeness (QED) is 0.0222. The summed E-state index contributed by atoms with van der Waals surface area (Å²) in [5.74, 6) is 0.337. The third-order valence-electron chi connectivity index (χ3n) is 22.1. The standard InChI is InChI=1S/C91H178O17P2/c1-8-11-12-13-14-15-16-17-18-19-20-21-22-23-28-34-39-44-53-60-67-74-90(95)107-86(78-101-88(93)72-65-58-51-43-38-33-27-25-24-26-31-36-41-48-55-62-69-82(4)5)80-105-109(97,98)103-76-85(92)77-104-110(99,100)106-81-87(79-102-89(94)73-66-59-52-47-46-50-57-64-71-84(7)10-3)108-91(96)75-68-61-54-45-40-35-30-29-32-37-42-49-56-63-70-83(6)9-2/h82-87,92H,8-81H2,1-7H3,(H,97,98)(H,99,100)/t83?,84?,85-,86-,87-/m1/s1. The highest BCUT2D eigenvalue weighted by atomic mass is 31.2. The molecule has 0 aromatic rings. The van der Waals surface area contributed by atoms with Crippen molar-refractivity contribution in [1.29, 1.82) is 0 Å². The van der Waals surface area contributed by atoms with Crippen LogP contribution in [0.15, 0.2) is 0 Å². The highest BCUT2D eigenvalue weighted by Crippen LogP contribution is 2.45. The smallest absolute Gasteiger partial charge is 0.462 e. The molecule has 110 heavy (non-hydrogen) atoms. The molecule has 7 atom stereocenters. The number of hydrogen-bond acceptors (Lipinski definition) is 15. The number of ether oxygens (including phenoxy) is 4. The predicted octanol–water partition coefficient (Wildman–Crippen LogP) is 28.0. The van der Waals surface area contributed by atoms with Crippen LogP contribution in [0.3, 0.4) is 0 Å². The Morgan fingerprint density at radius 2 is 0.464 bits per heavy atom. The van der Waals surface area contributed by atoms with Crippen molar-refractivity contribution in [3.63, 3.8) is 0 Å². The zero-order valence-electron chi connectivity index (χ0n) is 72.7. The molecule has 0 aromatic carbocycles. The Morgan fingerprint density at radius 3 is 0.691 bits per heavy atom. The molecule has 0 fully saturated rings. The van der Waals surface area contributed by atoms with Gasteiger partial charge in [-0.25, -0.2) is 9.13 Å². The van der Waals surface area contributed by atoms with Gasteiger partial charge in [0.2, 0.25) is 0 Å². The molecule has 0 aliphatic heterocycles. The molecule has 3 N–H and O–H groups in total. The lowest BCUT2D eigenvalue weighted by atomic mass is 9.99. The molecule has 654 valence electrons. The number of hydrogen-bond donors (Lipinski definition) is 3. The van der Waals surface area contributed by atoms with Gasteiger partial charge < -0.3 is 33.8 Å². The molecule has 0 heterocycles. The first-order valence-corrected chi connectivity index (χ1v) is 49.9. The summed E-state index contributed by atoms with van der Waals surface area (Å²) in [5, 5.41) is 10.7. The second kappa shape index (κ2) is 80.8. The zero-order valence-corrected chi connectivity index (χ0v) is 74.5. The van der Waals surface area contributed by atoms with E-state index in [4.69, 9.17) is 37.0 Å². The fourth-order valence-corrected chi connectivity index (χ4v) is 15.8. The Bertz CT molecular complexity index is 2120. The van der Waals surface area contributed by atoms with Gasteiger partial charge in [0.05, 0.1) is 26.4 Å². The predicted molar refractivity (Wildman–Crippen MR) is 455 cm³/mol. The third-order valence-corrected chi connectivity index (χ3v) is 24.0. The van der Waals surface area contributed by atoms with Gasteiger partial charge in [-0.05, 0) is 43.4 Å². The minimum absolute atomic E-state index is 0.107. The summed E-state index contributed by atoms with van der Waals surface area (Å²) in [6, 6.07) is 0. The van der Waals surface area contributed by atoms with E-state index in [2.05, 4.69) is 48.5 Å². The lowest BCUT2D eigenvalue weighted by molar-refractivity contribution is -0.161. The van der Waals surface area contributed by atoms with Crippen molar-refractivity contribution in [2.24, 2.45) is 17.8 Å². The summed E-state index contributed by atoms with van der Waals surface area (Å²) in [6.45, 7) is 12.1. The van der Waals surface area contributed by atoms with Gasteiger partial charge in [0, 0.05) is 25.7 Å². The number of phosphoric ester groups is 2. The van der Waals surface area contributed by atoms with Crippen LogP contribution in [-0.4, -0.2) is 96.7 Å². The Kier molecular flexibility index (Phi) is 79.4. The largest absolute Gasteiger partial charge is 0.472 e. The van der Waals surface area contributed by atoms with Gasteiger partial charge in [-0.1, -0.05) is 434 Å². The first kappa shape index (κ1) is 108. The molecule has 0 saturated carbocycles. The maximum atomic E-state index is 13.2. The van der Waals surface area contributed by atoms with Crippen LogP contribution in [0.5, 0.6) is 0 Å². The average Bonchev–Trinajstić information content (AvgIpc) is 0.896. The minimum atomic E-state index is -4.97. The number of unbranched alkanes of at least 4 members (excludes halogenated alkanes) is 55. The Hall–Kier alpha value is -1.94. The van der Waals surface area contributed by atoms with Crippen molar-refractivity contribution in [2.75, 3.05) is 39.6 Å². The van der Waals surface area contributed by atoms with Crippen molar-refractivity contribution in [3.8, 4) is 0 Å². The molecule has 0 amide bonds. The van der Waals surface area contributed by atoms with Crippen LogP contribution >= 0.6 is 15.6 Å². The van der Waals surface area contributed by atoms with Crippen molar-refractivity contribution in [2.45, 2.75) is 503 Å². The molecule has 0 aliphatic carbocycles. The molecule has 0 aliphatic rings. The van der Waals surface area contributed by atoms with Gasteiger partial charge in [0.25, 0.3) is 0 Å². The van der Waals surface area contributed by atoms with Crippen molar-refractivity contribution >= 4 is 39.5 Å². The molecule has 17 nitrogen and oxygen atoms in total. The topological polar surface area (TPSA) is 237 Å². The van der Waals surface area contributed by atoms with Gasteiger partial charge in [0.1, 0.15) is 19.3 Å². The lowest BCUT2D eigenvalue weighted by Gasteiger charge is -2.21. The number of carbonyl (C=O) groups excluding carboxylic acids is 4. The number of phosphoric acid groups is 2. The summed E-state index contributed by atoms with van der Waals surface area (Å²) in [4.78, 5) is 73.4. The SMILES string of the molecule is CCCCCCCCCCCCCCCCCCCCCCCC(=O)O[C@H](COC(=O)CCCCCCCCCCCCCCCCCCC(C)C)COP(=O)(O)OC[C@@H](O)COP(=O)(O)OC[C@@H](COC(=O)CCCCCCCCCCC(C)CC)OC(=O)CCCCCCCCCCCCCCCCC(C)CC. The first-order chi connectivity index (χ1) is 53.3. The molecule has 0 rings (SSSR count). The molecule has 0 radical (unpaired) electrons. The van der Waals surface area contributed by atoms with Crippen LogP contribution < -0.4 is 0 Å². The molecule has 0 spiro atoms. The minimum Gasteiger partial charge on any atom is -0.462 e. The maximum Gasteiger partial charge on any atom is 0.472 e. The summed E-state index contributed by atoms with van der Waals surface area (Å²) >= 11 is 0. The van der Waals surface area contributed by atoms with Gasteiger partial charge >= 0.3 is 39.5 Å². The van der Waals surface area contributed by atoms with Crippen molar-refractivity contribution in [1.82, 2.24) is 0 Å². The second-order valence-electron chi connectivity index (χ2n) is 33.7. The lowest BCUT2D eigenvalue weighted by Crippen LogP contribution is -2.30. The van der Waals surface area contributed by atoms with E-state index in [1.165, 1.54) is 295 Å². The van der Waals surface area contributed by atoms with Gasteiger partial charge in [-0.15, -0.1) is 0 Å². The molecule has 19 heteroatoms. The maximum absolute atomic E-state index is 13.2. The molecule has 4 unspecified atom stereocenters. The third kappa shape index (κ3) is 81.2.